The summed E-state index contributed by atoms with van der Waals surface area (Å²) in [4.78, 5) is 0. The van der Waals surface area contributed by atoms with Crippen LogP contribution in [0.3, 0.4) is 0 Å². The second-order valence-electron chi connectivity index (χ2n) is 4.62. The third kappa shape index (κ3) is 3.53. The molecule has 2 rings (SSSR count). The third-order valence-corrected chi connectivity index (χ3v) is 4.71. The van der Waals surface area contributed by atoms with Crippen molar-refractivity contribution in [3.05, 3.63) is 55.7 Å². The molecule has 0 fully saturated rings. The lowest BCUT2D eigenvalue weighted by molar-refractivity contribution is 0.496. The van der Waals surface area contributed by atoms with Crippen molar-refractivity contribution in [3.63, 3.8) is 0 Å². The Kier molecular flexibility index (Phi) is 5.06. The van der Waals surface area contributed by atoms with Gasteiger partial charge in [-0.3, -0.25) is 0 Å². The SMILES string of the molecule is CC(NC(C)c1cc(Cl)sc1Cl)c1ccc(C#N)cc1. The van der Waals surface area contributed by atoms with Crippen molar-refractivity contribution in [2.75, 3.05) is 0 Å². The van der Waals surface area contributed by atoms with Gasteiger partial charge in [0.2, 0.25) is 0 Å². The van der Waals surface area contributed by atoms with E-state index in [0.29, 0.717) is 9.90 Å². The van der Waals surface area contributed by atoms with Gasteiger partial charge in [0.15, 0.2) is 0 Å². The van der Waals surface area contributed by atoms with Gasteiger partial charge in [-0.15, -0.1) is 11.3 Å². The van der Waals surface area contributed by atoms with Gasteiger partial charge in [0, 0.05) is 12.1 Å². The van der Waals surface area contributed by atoms with E-state index in [1.165, 1.54) is 11.3 Å². The molecule has 20 heavy (non-hydrogen) atoms. The maximum atomic E-state index is 8.80. The van der Waals surface area contributed by atoms with Gasteiger partial charge in [0.05, 0.1) is 20.3 Å². The first kappa shape index (κ1) is 15.3. The molecule has 2 nitrogen and oxygen atoms in total. The van der Waals surface area contributed by atoms with Crippen molar-refractivity contribution < 1.29 is 0 Å². The fourth-order valence-corrected chi connectivity index (χ4v) is 3.70. The first-order chi connectivity index (χ1) is 9.51. The van der Waals surface area contributed by atoms with Gasteiger partial charge in [-0.25, -0.2) is 0 Å². The van der Waals surface area contributed by atoms with Crippen LogP contribution in [0.25, 0.3) is 0 Å². The molecule has 2 unspecified atom stereocenters. The average molecular weight is 325 g/mol. The van der Waals surface area contributed by atoms with Crippen LogP contribution in [-0.2, 0) is 0 Å². The molecule has 0 aliphatic carbocycles. The summed E-state index contributed by atoms with van der Waals surface area (Å²) in [5.41, 5.74) is 2.82. The number of rotatable bonds is 4. The molecule has 0 saturated heterocycles. The fraction of sp³-hybridized carbons (Fsp3) is 0.267. The Morgan fingerprint density at radius 3 is 2.30 bits per heavy atom. The van der Waals surface area contributed by atoms with Crippen LogP contribution in [-0.4, -0.2) is 0 Å². The van der Waals surface area contributed by atoms with E-state index in [4.69, 9.17) is 28.5 Å². The highest BCUT2D eigenvalue weighted by Crippen LogP contribution is 2.35. The molecule has 0 bridgehead atoms. The largest absolute Gasteiger partial charge is 0.304 e. The van der Waals surface area contributed by atoms with Crippen molar-refractivity contribution in [2.24, 2.45) is 0 Å². The number of nitriles is 1. The molecule has 0 spiro atoms. The van der Waals surface area contributed by atoms with Gasteiger partial charge in [-0.2, -0.15) is 5.26 Å². The zero-order valence-corrected chi connectivity index (χ0v) is 13.5. The monoisotopic (exact) mass is 324 g/mol. The summed E-state index contributed by atoms with van der Waals surface area (Å²) in [5, 5.41) is 12.3. The molecule has 0 radical (unpaired) electrons. The van der Waals surface area contributed by atoms with Crippen LogP contribution in [0.5, 0.6) is 0 Å². The Bertz CT molecular complexity index is 628. The molecule has 5 heteroatoms. The molecule has 1 aromatic carbocycles. The molecule has 2 atom stereocenters. The standard InChI is InChI=1S/C15H14Cl2N2S/c1-9(12-5-3-11(8-18)4-6-12)19-10(2)13-7-14(16)20-15(13)17/h3-7,9-10,19H,1-2H3. The average Bonchev–Trinajstić information content (AvgIpc) is 2.78. The van der Waals surface area contributed by atoms with Gasteiger partial charge < -0.3 is 5.32 Å². The van der Waals surface area contributed by atoms with E-state index in [-0.39, 0.29) is 12.1 Å². The Morgan fingerprint density at radius 2 is 1.80 bits per heavy atom. The zero-order chi connectivity index (χ0) is 14.7. The van der Waals surface area contributed by atoms with Crippen LogP contribution in [0.1, 0.15) is 42.6 Å². The lowest BCUT2D eigenvalue weighted by Crippen LogP contribution is -2.22. The predicted molar refractivity (Wildman–Crippen MR) is 85.5 cm³/mol. The van der Waals surface area contributed by atoms with Crippen molar-refractivity contribution >= 4 is 34.5 Å². The Labute approximate surface area is 133 Å². The summed E-state index contributed by atoms with van der Waals surface area (Å²) < 4.78 is 1.42. The molecule has 1 heterocycles. The van der Waals surface area contributed by atoms with Crippen molar-refractivity contribution in [1.82, 2.24) is 5.32 Å². The van der Waals surface area contributed by atoms with Crippen LogP contribution >= 0.6 is 34.5 Å². The molecule has 0 aliphatic heterocycles. The minimum absolute atomic E-state index is 0.108. The Balaban J connectivity index is 2.08. The molecular weight excluding hydrogens is 311 g/mol. The van der Waals surface area contributed by atoms with Crippen molar-refractivity contribution in [2.45, 2.75) is 25.9 Å². The molecule has 0 saturated carbocycles. The van der Waals surface area contributed by atoms with E-state index in [1.54, 1.807) is 0 Å². The minimum atomic E-state index is 0.108. The second-order valence-corrected chi connectivity index (χ2v) is 6.91. The summed E-state index contributed by atoms with van der Waals surface area (Å²) in [6.07, 6.45) is 0. The molecule has 1 N–H and O–H groups in total. The summed E-state index contributed by atoms with van der Waals surface area (Å²) in [5.74, 6) is 0. The Morgan fingerprint density at radius 1 is 1.15 bits per heavy atom. The number of benzene rings is 1. The second kappa shape index (κ2) is 6.60. The minimum Gasteiger partial charge on any atom is -0.304 e. The molecule has 1 aromatic heterocycles. The van der Waals surface area contributed by atoms with E-state index in [9.17, 15) is 0 Å². The lowest BCUT2D eigenvalue weighted by Gasteiger charge is -2.20. The van der Waals surface area contributed by atoms with Gasteiger partial charge in [-0.1, -0.05) is 35.3 Å². The number of hydrogen-bond donors (Lipinski definition) is 1. The van der Waals surface area contributed by atoms with Crippen molar-refractivity contribution in [1.29, 1.82) is 5.26 Å². The molecular formula is C15H14Cl2N2S. The first-order valence-corrected chi connectivity index (χ1v) is 7.79. The number of thiophene rings is 1. The van der Waals surface area contributed by atoms with Crippen molar-refractivity contribution in [3.8, 4) is 6.07 Å². The number of nitrogens with zero attached hydrogens (tertiary/aromatic N) is 1. The van der Waals surface area contributed by atoms with Gasteiger partial charge >= 0.3 is 0 Å². The highest BCUT2D eigenvalue weighted by atomic mass is 35.5. The molecule has 2 aromatic rings. The van der Waals surface area contributed by atoms with Gasteiger partial charge in [-0.05, 0) is 43.2 Å². The lowest BCUT2D eigenvalue weighted by atomic mass is 10.0. The Hall–Kier alpha value is -1.05. The number of hydrogen-bond acceptors (Lipinski definition) is 3. The topological polar surface area (TPSA) is 35.8 Å². The van der Waals surface area contributed by atoms with Crippen LogP contribution in [0.2, 0.25) is 8.67 Å². The number of nitrogens with one attached hydrogen (secondary N) is 1. The molecule has 0 amide bonds. The van der Waals surface area contributed by atoms with E-state index in [0.717, 1.165) is 15.5 Å². The van der Waals surface area contributed by atoms with Crippen LogP contribution < -0.4 is 5.32 Å². The third-order valence-electron chi connectivity index (χ3n) is 3.19. The maximum absolute atomic E-state index is 8.80. The summed E-state index contributed by atoms with van der Waals surface area (Å²) in [7, 11) is 0. The molecule has 104 valence electrons. The highest BCUT2D eigenvalue weighted by Gasteiger charge is 2.16. The van der Waals surface area contributed by atoms with E-state index < -0.39 is 0 Å². The van der Waals surface area contributed by atoms with Gasteiger partial charge in [0.1, 0.15) is 0 Å². The van der Waals surface area contributed by atoms with Crippen LogP contribution in [0.4, 0.5) is 0 Å². The van der Waals surface area contributed by atoms with E-state index >= 15 is 0 Å². The smallest absolute Gasteiger partial charge is 0.0991 e. The first-order valence-electron chi connectivity index (χ1n) is 6.22. The zero-order valence-electron chi connectivity index (χ0n) is 11.2. The molecule has 0 aliphatic rings. The van der Waals surface area contributed by atoms with Crippen LogP contribution in [0.15, 0.2) is 30.3 Å². The number of halogens is 2. The predicted octanol–water partition coefficient (Wildman–Crippen LogP) is 5.34. The summed E-state index contributed by atoms with van der Waals surface area (Å²) in [6, 6.07) is 11.9. The van der Waals surface area contributed by atoms with Crippen LogP contribution in [0, 0.1) is 11.3 Å². The van der Waals surface area contributed by atoms with E-state index in [1.807, 2.05) is 30.3 Å². The summed E-state index contributed by atoms with van der Waals surface area (Å²) in [6.45, 7) is 4.14. The normalized spacial score (nSPS) is 13.8. The highest BCUT2D eigenvalue weighted by molar-refractivity contribution is 7.20. The quantitative estimate of drug-likeness (QED) is 0.824. The maximum Gasteiger partial charge on any atom is 0.0991 e. The summed E-state index contributed by atoms with van der Waals surface area (Å²) >= 11 is 13.5. The fourth-order valence-electron chi connectivity index (χ4n) is 2.06. The van der Waals surface area contributed by atoms with Gasteiger partial charge in [0.25, 0.3) is 0 Å². The van der Waals surface area contributed by atoms with E-state index in [2.05, 4.69) is 25.2 Å².